The quantitative estimate of drug-likeness (QED) is 0.329. The molecule has 0 N–H and O–H groups in total. The van der Waals surface area contributed by atoms with E-state index in [1.54, 1.807) is 48.5 Å². The molecule has 0 aliphatic rings. The maximum Gasteiger partial charge on any atom is 0.418 e. The highest BCUT2D eigenvalue weighted by Crippen LogP contribution is 2.36. The number of fused-ring (bicyclic) bond motifs is 1. The molecule has 0 saturated heterocycles. The molecule has 0 aliphatic carbocycles. The molecular formula is C24H17ClF3NO2. The van der Waals surface area contributed by atoms with Crippen molar-refractivity contribution in [3.63, 3.8) is 0 Å². The van der Waals surface area contributed by atoms with Gasteiger partial charge in [0.15, 0.2) is 0 Å². The van der Waals surface area contributed by atoms with E-state index in [4.69, 9.17) is 20.8 Å². The van der Waals surface area contributed by atoms with Gasteiger partial charge in [-0.15, -0.1) is 0 Å². The first-order valence-electron chi connectivity index (χ1n) is 9.53. The third-order valence-electron chi connectivity index (χ3n) is 4.60. The summed E-state index contributed by atoms with van der Waals surface area (Å²) in [6.07, 6.45) is -4.52. The van der Waals surface area contributed by atoms with Crippen molar-refractivity contribution in [1.29, 1.82) is 0 Å². The van der Waals surface area contributed by atoms with Gasteiger partial charge in [0.25, 0.3) is 0 Å². The van der Waals surface area contributed by atoms with Crippen LogP contribution in [0.3, 0.4) is 0 Å². The van der Waals surface area contributed by atoms with Crippen LogP contribution in [0.1, 0.15) is 12.5 Å². The molecule has 4 aromatic rings. The zero-order valence-electron chi connectivity index (χ0n) is 16.4. The molecule has 0 aliphatic heterocycles. The van der Waals surface area contributed by atoms with Crippen LogP contribution in [0.4, 0.5) is 18.9 Å². The van der Waals surface area contributed by atoms with E-state index in [-0.39, 0.29) is 5.69 Å². The van der Waals surface area contributed by atoms with Crippen molar-refractivity contribution < 1.29 is 22.3 Å². The van der Waals surface area contributed by atoms with Crippen LogP contribution in [-0.2, 0) is 6.18 Å². The predicted octanol–water partition coefficient (Wildman–Crippen LogP) is 7.40. The minimum atomic E-state index is -4.52. The summed E-state index contributed by atoms with van der Waals surface area (Å²) in [7, 11) is 0. The van der Waals surface area contributed by atoms with Crippen LogP contribution >= 0.6 is 11.6 Å². The third-order valence-corrected chi connectivity index (χ3v) is 4.86. The largest absolute Gasteiger partial charge is 0.494 e. The molecule has 0 spiro atoms. The highest BCUT2D eigenvalue weighted by molar-refractivity contribution is 6.30. The molecule has 1 heterocycles. The van der Waals surface area contributed by atoms with Crippen LogP contribution < -0.4 is 10.1 Å². The number of para-hydroxylation sites is 1. The summed E-state index contributed by atoms with van der Waals surface area (Å²) in [4.78, 5) is 4.38. The van der Waals surface area contributed by atoms with Crippen molar-refractivity contribution in [2.45, 2.75) is 13.1 Å². The fourth-order valence-electron chi connectivity index (χ4n) is 3.19. The zero-order valence-corrected chi connectivity index (χ0v) is 17.2. The van der Waals surface area contributed by atoms with Gasteiger partial charge in [-0.25, -0.2) is 4.99 Å². The Kier molecular flexibility index (Phi) is 5.74. The van der Waals surface area contributed by atoms with E-state index in [2.05, 4.69) is 4.99 Å². The maximum absolute atomic E-state index is 13.5. The molecule has 7 heteroatoms. The van der Waals surface area contributed by atoms with Gasteiger partial charge in [0.2, 0.25) is 0 Å². The second-order valence-electron chi connectivity index (χ2n) is 6.72. The lowest BCUT2D eigenvalue weighted by Crippen LogP contribution is -2.08. The molecule has 1 aromatic heterocycles. The van der Waals surface area contributed by atoms with Gasteiger partial charge in [0.1, 0.15) is 17.1 Å². The number of alkyl halides is 3. The van der Waals surface area contributed by atoms with Gasteiger partial charge in [-0.05, 0) is 61.5 Å². The molecule has 0 saturated carbocycles. The highest BCUT2D eigenvalue weighted by atomic mass is 35.5. The first-order chi connectivity index (χ1) is 14.8. The lowest BCUT2D eigenvalue weighted by Gasteiger charge is -2.10. The first kappa shape index (κ1) is 21.0. The summed E-state index contributed by atoms with van der Waals surface area (Å²) in [6.45, 7) is 2.30. The molecule has 3 aromatic carbocycles. The lowest BCUT2D eigenvalue weighted by atomic mass is 10.1. The molecule has 158 valence electrons. The van der Waals surface area contributed by atoms with Gasteiger partial charge >= 0.3 is 6.18 Å². The summed E-state index contributed by atoms with van der Waals surface area (Å²) in [5.74, 6) is 1.03. The van der Waals surface area contributed by atoms with Crippen molar-refractivity contribution in [2.24, 2.45) is 4.99 Å². The van der Waals surface area contributed by atoms with E-state index in [1.807, 2.05) is 6.92 Å². The van der Waals surface area contributed by atoms with Crippen molar-refractivity contribution in [3.05, 3.63) is 88.7 Å². The molecular weight excluding hydrogens is 427 g/mol. The maximum atomic E-state index is 13.5. The normalized spacial score (nSPS) is 12.4. The topological polar surface area (TPSA) is 34.7 Å². The smallest absolute Gasteiger partial charge is 0.418 e. The fourth-order valence-corrected chi connectivity index (χ4v) is 3.32. The standard InChI is InChI=1S/C24H17ClF3NO2/c1-2-30-17-11-12-22-18(13-17)21(14-23(31-22)15-7-9-16(25)10-8-15)29-20-6-4-3-5-19(20)24(26,27)28/h3-14H,2H2,1H3. The molecule has 0 amide bonds. The molecule has 4 rings (SSSR count). The monoisotopic (exact) mass is 443 g/mol. The second-order valence-corrected chi connectivity index (χ2v) is 7.16. The van der Waals surface area contributed by atoms with Crippen molar-refractivity contribution in [3.8, 4) is 17.1 Å². The average molecular weight is 444 g/mol. The van der Waals surface area contributed by atoms with Gasteiger partial charge < -0.3 is 9.15 Å². The van der Waals surface area contributed by atoms with Gasteiger partial charge in [-0.2, -0.15) is 13.2 Å². The SMILES string of the molecule is CCOc1ccc2oc(-c3ccc(Cl)cc3)cc(=Nc3ccccc3C(F)(F)F)c2c1. The minimum Gasteiger partial charge on any atom is -0.494 e. The number of ether oxygens (including phenoxy) is 1. The number of nitrogens with zero attached hydrogens (tertiary/aromatic N) is 1. The Morgan fingerprint density at radius 1 is 0.968 bits per heavy atom. The van der Waals surface area contributed by atoms with E-state index in [1.165, 1.54) is 18.2 Å². The van der Waals surface area contributed by atoms with Crippen LogP contribution in [0.15, 0.2) is 82.2 Å². The number of hydrogen-bond acceptors (Lipinski definition) is 3. The Labute approximate surface area is 181 Å². The van der Waals surface area contributed by atoms with Gasteiger partial charge in [-0.3, -0.25) is 0 Å². The summed E-state index contributed by atoms with van der Waals surface area (Å²) in [6, 6.07) is 19.0. The molecule has 3 nitrogen and oxygen atoms in total. The van der Waals surface area contributed by atoms with Crippen LogP contribution in [-0.4, -0.2) is 6.61 Å². The molecule has 0 unspecified atom stereocenters. The molecule has 31 heavy (non-hydrogen) atoms. The minimum absolute atomic E-state index is 0.175. The summed E-state index contributed by atoms with van der Waals surface area (Å²) < 4.78 is 52.1. The first-order valence-corrected chi connectivity index (χ1v) is 9.90. The van der Waals surface area contributed by atoms with Gasteiger partial charge in [0, 0.05) is 22.0 Å². The third kappa shape index (κ3) is 4.59. The summed E-state index contributed by atoms with van der Waals surface area (Å²) in [5, 5.41) is 1.44. The number of benzene rings is 3. The van der Waals surface area contributed by atoms with Crippen molar-refractivity contribution in [2.75, 3.05) is 6.61 Å². The Hall–Kier alpha value is -3.25. The van der Waals surface area contributed by atoms with E-state index in [0.29, 0.717) is 39.5 Å². The Morgan fingerprint density at radius 2 is 1.71 bits per heavy atom. The predicted molar refractivity (Wildman–Crippen MR) is 114 cm³/mol. The number of halogens is 4. The van der Waals surface area contributed by atoms with Crippen LogP contribution in [0, 0.1) is 0 Å². The van der Waals surface area contributed by atoms with E-state index in [0.717, 1.165) is 11.6 Å². The highest BCUT2D eigenvalue weighted by Gasteiger charge is 2.33. The van der Waals surface area contributed by atoms with Gasteiger partial charge in [-0.1, -0.05) is 23.7 Å². The lowest BCUT2D eigenvalue weighted by molar-refractivity contribution is -0.137. The summed E-state index contributed by atoms with van der Waals surface area (Å²) >= 11 is 5.97. The Balaban J connectivity index is 2.00. The summed E-state index contributed by atoms with van der Waals surface area (Å²) in [5.41, 5.74) is 0.212. The number of rotatable bonds is 4. The number of hydrogen-bond donors (Lipinski definition) is 0. The van der Waals surface area contributed by atoms with E-state index >= 15 is 0 Å². The zero-order chi connectivity index (χ0) is 22.0. The van der Waals surface area contributed by atoms with E-state index in [9.17, 15) is 13.2 Å². The molecule has 0 bridgehead atoms. The molecule has 0 fully saturated rings. The van der Waals surface area contributed by atoms with Crippen LogP contribution in [0.2, 0.25) is 5.02 Å². The van der Waals surface area contributed by atoms with Gasteiger partial charge in [0.05, 0.1) is 23.2 Å². The van der Waals surface area contributed by atoms with Crippen molar-refractivity contribution in [1.82, 2.24) is 0 Å². The fraction of sp³-hybridized carbons (Fsp3) is 0.125. The second kappa shape index (κ2) is 8.47. The van der Waals surface area contributed by atoms with Crippen molar-refractivity contribution >= 4 is 28.3 Å². The molecule has 0 atom stereocenters. The Morgan fingerprint density at radius 3 is 2.42 bits per heavy atom. The molecule has 0 radical (unpaired) electrons. The van der Waals surface area contributed by atoms with E-state index < -0.39 is 11.7 Å². The van der Waals surface area contributed by atoms with Crippen LogP contribution in [0.5, 0.6) is 5.75 Å². The average Bonchev–Trinajstić information content (AvgIpc) is 2.74. The van der Waals surface area contributed by atoms with Crippen LogP contribution in [0.25, 0.3) is 22.3 Å². The Bertz CT molecular complexity index is 1290.